The minimum atomic E-state index is -0.0402. The van der Waals surface area contributed by atoms with Gasteiger partial charge in [-0.3, -0.25) is 9.36 Å². The number of hydrogen-bond donors (Lipinski definition) is 1. The number of thiophene rings is 1. The Morgan fingerprint density at radius 1 is 1.41 bits per heavy atom. The number of H-pyrrole nitrogens is 1. The van der Waals surface area contributed by atoms with E-state index < -0.39 is 0 Å². The van der Waals surface area contributed by atoms with Gasteiger partial charge in [-0.05, 0) is 36.1 Å². The number of rotatable bonds is 2. The van der Waals surface area contributed by atoms with Crippen LogP contribution in [-0.2, 0) is 6.54 Å². The first-order valence-corrected chi connectivity index (χ1v) is 7.95. The van der Waals surface area contributed by atoms with E-state index in [0.717, 1.165) is 22.1 Å². The van der Waals surface area contributed by atoms with Crippen molar-refractivity contribution < 1.29 is 0 Å². The van der Waals surface area contributed by atoms with Crippen LogP contribution < -0.4 is 5.56 Å². The molecule has 0 aliphatic carbocycles. The fourth-order valence-electron chi connectivity index (χ4n) is 2.44. The predicted molar refractivity (Wildman–Crippen MR) is 88.8 cm³/mol. The Labute approximate surface area is 134 Å². The number of aromatic nitrogens is 4. The Kier molecular flexibility index (Phi) is 3.02. The number of halogens is 1. The lowest BCUT2D eigenvalue weighted by Gasteiger charge is -2.02. The van der Waals surface area contributed by atoms with Crippen molar-refractivity contribution in [2.24, 2.45) is 0 Å². The molecule has 4 aromatic rings. The molecule has 22 heavy (non-hydrogen) atoms. The van der Waals surface area contributed by atoms with Crippen LogP contribution in [0.3, 0.4) is 0 Å². The van der Waals surface area contributed by atoms with Crippen LogP contribution in [0.15, 0.2) is 34.7 Å². The fraction of sp³-hybridized carbons (Fsp3) is 0.133. The molecule has 0 unspecified atom stereocenters. The Bertz CT molecular complexity index is 1060. The van der Waals surface area contributed by atoms with Gasteiger partial charge in [0.25, 0.3) is 5.56 Å². The zero-order valence-electron chi connectivity index (χ0n) is 11.6. The number of imidazole rings is 1. The number of benzene rings is 1. The maximum atomic E-state index is 12.5. The van der Waals surface area contributed by atoms with Crippen molar-refractivity contribution >= 4 is 44.2 Å². The Hall–Kier alpha value is -2.18. The summed E-state index contributed by atoms with van der Waals surface area (Å²) < 4.78 is 2.25. The molecule has 0 spiro atoms. The van der Waals surface area contributed by atoms with Crippen molar-refractivity contribution in [3.63, 3.8) is 0 Å². The number of nitrogens with zero attached hydrogens (tertiary/aromatic N) is 3. The van der Waals surface area contributed by atoms with Gasteiger partial charge in [-0.15, -0.1) is 11.3 Å². The van der Waals surface area contributed by atoms with Crippen molar-refractivity contribution in [1.29, 1.82) is 0 Å². The van der Waals surface area contributed by atoms with E-state index in [0.29, 0.717) is 22.1 Å². The van der Waals surface area contributed by atoms with Crippen LogP contribution >= 0.6 is 22.9 Å². The first-order chi connectivity index (χ1) is 10.6. The van der Waals surface area contributed by atoms with Crippen molar-refractivity contribution in [2.45, 2.75) is 13.5 Å². The van der Waals surface area contributed by atoms with Gasteiger partial charge in [-0.1, -0.05) is 11.6 Å². The van der Waals surface area contributed by atoms with E-state index in [1.165, 1.54) is 11.3 Å². The van der Waals surface area contributed by atoms with E-state index in [1.807, 2.05) is 24.4 Å². The van der Waals surface area contributed by atoms with Crippen LogP contribution in [0.1, 0.15) is 11.4 Å². The molecule has 0 fully saturated rings. The molecular formula is C15H11ClN4OS. The largest absolute Gasteiger partial charge is 0.340 e. The molecule has 110 valence electrons. The average molecular weight is 331 g/mol. The molecule has 4 rings (SSSR count). The molecule has 1 N–H and O–H groups in total. The van der Waals surface area contributed by atoms with E-state index >= 15 is 0 Å². The summed E-state index contributed by atoms with van der Waals surface area (Å²) in [6.45, 7) is 2.31. The van der Waals surface area contributed by atoms with Gasteiger partial charge in [0.2, 0.25) is 0 Å². The number of hydrogen-bond acceptors (Lipinski definition) is 4. The fourth-order valence-corrected chi connectivity index (χ4v) is 3.57. The third kappa shape index (κ3) is 2.12. The minimum Gasteiger partial charge on any atom is -0.340 e. The summed E-state index contributed by atoms with van der Waals surface area (Å²) in [6.07, 6.45) is 1.57. The van der Waals surface area contributed by atoms with Crippen LogP contribution in [-0.4, -0.2) is 19.5 Å². The summed E-state index contributed by atoms with van der Waals surface area (Å²) in [6, 6.07) is 5.47. The standard InChI is InChI=1S/C15H11ClN4OS/c1-8-6-22-14-13(8)17-7-20(15(14)21)5-12-18-10-3-2-9(16)4-11(10)19-12/h2-4,6-7H,5H2,1H3,(H,18,19). The molecule has 0 atom stereocenters. The summed E-state index contributed by atoms with van der Waals surface area (Å²) in [5.41, 5.74) is 3.46. The van der Waals surface area contributed by atoms with Crippen molar-refractivity contribution in [2.75, 3.05) is 0 Å². The van der Waals surface area contributed by atoms with Crippen LogP contribution in [0, 0.1) is 6.92 Å². The smallest absolute Gasteiger partial charge is 0.271 e. The van der Waals surface area contributed by atoms with E-state index in [4.69, 9.17) is 11.6 Å². The number of aromatic amines is 1. The first-order valence-electron chi connectivity index (χ1n) is 6.69. The molecule has 7 heteroatoms. The average Bonchev–Trinajstić information content (AvgIpc) is 3.05. The zero-order chi connectivity index (χ0) is 15.3. The Morgan fingerprint density at radius 2 is 2.27 bits per heavy atom. The maximum Gasteiger partial charge on any atom is 0.271 e. The molecule has 0 amide bonds. The quantitative estimate of drug-likeness (QED) is 0.613. The maximum absolute atomic E-state index is 12.5. The summed E-state index contributed by atoms with van der Waals surface area (Å²) >= 11 is 7.40. The highest BCUT2D eigenvalue weighted by Crippen LogP contribution is 2.20. The molecule has 0 saturated heterocycles. The lowest BCUT2D eigenvalue weighted by atomic mass is 10.3. The molecule has 0 aliphatic heterocycles. The molecule has 0 radical (unpaired) electrons. The third-order valence-electron chi connectivity index (χ3n) is 3.54. The molecule has 1 aromatic carbocycles. The number of fused-ring (bicyclic) bond motifs is 2. The van der Waals surface area contributed by atoms with Gasteiger partial charge in [0, 0.05) is 5.02 Å². The second-order valence-corrected chi connectivity index (χ2v) is 6.44. The minimum absolute atomic E-state index is 0.0402. The molecule has 0 saturated carbocycles. The molecule has 3 heterocycles. The van der Waals surface area contributed by atoms with Gasteiger partial charge in [0.1, 0.15) is 10.5 Å². The van der Waals surface area contributed by atoms with Crippen molar-refractivity contribution in [3.05, 3.63) is 56.7 Å². The highest BCUT2D eigenvalue weighted by Gasteiger charge is 2.10. The van der Waals surface area contributed by atoms with Gasteiger partial charge >= 0.3 is 0 Å². The second-order valence-electron chi connectivity index (χ2n) is 5.12. The van der Waals surface area contributed by atoms with Gasteiger partial charge in [-0.25, -0.2) is 9.97 Å². The second kappa shape index (κ2) is 4.93. The summed E-state index contributed by atoms with van der Waals surface area (Å²) in [5, 5.41) is 2.60. The highest BCUT2D eigenvalue weighted by molar-refractivity contribution is 7.17. The van der Waals surface area contributed by atoms with Crippen LogP contribution in [0.25, 0.3) is 21.3 Å². The van der Waals surface area contributed by atoms with Gasteiger partial charge in [0.15, 0.2) is 0 Å². The summed E-state index contributed by atoms with van der Waals surface area (Å²) in [5.74, 6) is 0.703. The van der Waals surface area contributed by atoms with Gasteiger partial charge in [-0.2, -0.15) is 0 Å². The van der Waals surface area contributed by atoms with Crippen LogP contribution in [0.4, 0.5) is 0 Å². The van der Waals surface area contributed by atoms with Crippen LogP contribution in [0.2, 0.25) is 5.02 Å². The lowest BCUT2D eigenvalue weighted by Crippen LogP contribution is -2.20. The number of nitrogens with one attached hydrogen (secondary N) is 1. The van der Waals surface area contributed by atoms with E-state index in [1.54, 1.807) is 17.0 Å². The predicted octanol–water partition coefficient (Wildman–Crippen LogP) is 3.34. The molecule has 0 aliphatic rings. The van der Waals surface area contributed by atoms with Crippen molar-refractivity contribution in [1.82, 2.24) is 19.5 Å². The Morgan fingerprint density at radius 3 is 3.14 bits per heavy atom. The van der Waals surface area contributed by atoms with Gasteiger partial charge < -0.3 is 4.98 Å². The van der Waals surface area contributed by atoms with E-state index in [-0.39, 0.29) is 5.56 Å². The number of aryl methyl sites for hydroxylation is 1. The summed E-state index contributed by atoms with van der Waals surface area (Å²) in [4.78, 5) is 24.5. The molecule has 3 aromatic heterocycles. The SMILES string of the molecule is Cc1csc2c(=O)n(Cc3nc4ccc(Cl)cc4[nH]3)cnc12. The topological polar surface area (TPSA) is 63.6 Å². The third-order valence-corrected chi connectivity index (χ3v) is 4.85. The molecular weight excluding hydrogens is 320 g/mol. The zero-order valence-corrected chi connectivity index (χ0v) is 13.2. The lowest BCUT2D eigenvalue weighted by molar-refractivity contribution is 0.718. The molecule has 0 bridgehead atoms. The monoisotopic (exact) mass is 330 g/mol. The van der Waals surface area contributed by atoms with Gasteiger partial charge in [0.05, 0.1) is 29.4 Å². The Balaban J connectivity index is 1.78. The first kappa shape index (κ1) is 13.5. The molecule has 5 nitrogen and oxygen atoms in total. The normalized spacial score (nSPS) is 11.5. The van der Waals surface area contributed by atoms with E-state index in [2.05, 4.69) is 15.0 Å². The van der Waals surface area contributed by atoms with Crippen molar-refractivity contribution in [3.8, 4) is 0 Å². The van der Waals surface area contributed by atoms with E-state index in [9.17, 15) is 4.79 Å². The highest BCUT2D eigenvalue weighted by atomic mass is 35.5. The van der Waals surface area contributed by atoms with Crippen LogP contribution in [0.5, 0.6) is 0 Å². The summed E-state index contributed by atoms with van der Waals surface area (Å²) in [7, 11) is 0.